The van der Waals surface area contributed by atoms with Gasteiger partial charge in [-0.3, -0.25) is 9.69 Å². The van der Waals surface area contributed by atoms with Crippen LogP contribution in [0.15, 0.2) is 6.07 Å². The lowest BCUT2D eigenvalue weighted by Crippen LogP contribution is -2.66. The molecule has 5 heteroatoms. The lowest BCUT2D eigenvalue weighted by Gasteiger charge is -2.57. The lowest BCUT2D eigenvalue weighted by molar-refractivity contribution is -0.138. The Hall–Kier alpha value is -1.75. The highest BCUT2D eigenvalue weighted by Crippen LogP contribution is 2.64. The fraction of sp³-hybridized carbons (Fsp3) is 0.708. The van der Waals surface area contributed by atoms with Gasteiger partial charge in [0.25, 0.3) is 0 Å². The Morgan fingerprint density at radius 2 is 2.24 bits per heavy atom. The third kappa shape index (κ3) is 2.66. The number of aromatic hydroxyl groups is 1. The largest absolute Gasteiger partial charge is 0.504 e. The number of phenolic OH excluding ortho intramolecular Hbond substituents is 1. The molecule has 158 valence electrons. The first-order valence-corrected chi connectivity index (χ1v) is 11.4. The Morgan fingerprint density at radius 3 is 3.00 bits per heavy atom. The van der Waals surface area contributed by atoms with Gasteiger partial charge in [0.05, 0.1) is 6.61 Å². The fourth-order valence-electron chi connectivity index (χ4n) is 6.56. The van der Waals surface area contributed by atoms with Gasteiger partial charge in [0.2, 0.25) is 0 Å². The highest BCUT2D eigenvalue weighted by Gasteiger charge is 2.66. The summed E-state index contributed by atoms with van der Waals surface area (Å²) in [6.07, 6.45) is 5.07. The van der Waals surface area contributed by atoms with E-state index in [-0.39, 0.29) is 16.9 Å². The Labute approximate surface area is 173 Å². The van der Waals surface area contributed by atoms with Crippen LogP contribution in [0.2, 0.25) is 0 Å². The van der Waals surface area contributed by atoms with E-state index in [4.69, 9.17) is 9.47 Å². The Balaban J connectivity index is 1.63. The number of likely N-dealkylation sites (tertiary alicyclic amines) is 1. The summed E-state index contributed by atoms with van der Waals surface area (Å²) in [6, 6.07) is 2.16. The molecule has 2 heterocycles. The molecule has 1 saturated heterocycles. The molecule has 29 heavy (non-hydrogen) atoms. The van der Waals surface area contributed by atoms with E-state index in [1.54, 1.807) is 6.07 Å². The summed E-state index contributed by atoms with van der Waals surface area (Å²) < 4.78 is 12.5. The summed E-state index contributed by atoms with van der Waals surface area (Å²) in [5.74, 6) is 2.68. The molecule has 2 aliphatic carbocycles. The van der Waals surface area contributed by atoms with Crippen molar-refractivity contribution in [2.75, 3.05) is 19.7 Å². The molecule has 4 aliphatic rings. The standard InChI is InChI=1S/C24H33NO4/c1-4-9-25-10-8-24-16-5-6-18(26)23(24)29-22-19(27)13-20(28-11-7-14(2)3)15(21(22)24)12-17(16)25/h13-14,16-17,23,27H,4-12H2,1-3H3/t16-,17+,23-,24-/m0/s1. The van der Waals surface area contributed by atoms with Crippen molar-refractivity contribution < 1.29 is 19.4 Å². The summed E-state index contributed by atoms with van der Waals surface area (Å²) in [4.78, 5) is 15.6. The molecule has 1 aromatic rings. The third-order valence-electron chi connectivity index (χ3n) is 7.77. The molecule has 1 N–H and O–H groups in total. The molecule has 1 aromatic carbocycles. The number of hydrogen-bond donors (Lipinski definition) is 1. The molecule has 4 atom stereocenters. The molecule has 0 radical (unpaired) electrons. The van der Waals surface area contributed by atoms with Gasteiger partial charge in [-0.25, -0.2) is 0 Å². The number of carbonyl (C=O) groups excluding carboxylic acids is 1. The van der Waals surface area contributed by atoms with Crippen LogP contribution >= 0.6 is 0 Å². The van der Waals surface area contributed by atoms with Crippen molar-refractivity contribution in [3.05, 3.63) is 17.2 Å². The van der Waals surface area contributed by atoms with E-state index in [1.807, 2.05) is 0 Å². The van der Waals surface area contributed by atoms with Gasteiger partial charge < -0.3 is 14.6 Å². The molecule has 1 saturated carbocycles. The number of Topliss-reactive ketones (excluding diaryl/α,β-unsaturated/α-hetero) is 1. The minimum Gasteiger partial charge on any atom is -0.504 e. The highest BCUT2D eigenvalue weighted by atomic mass is 16.5. The smallest absolute Gasteiger partial charge is 0.174 e. The molecular formula is C24H33NO4. The second-order valence-corrected chi connectivity index (χ2v) is 9.81. The SMILES string of the molecule is CCCN1CC[C@]23c4c5c(OCCC(C)C)cc(O)c4O[C@H]2C(=O)CC[C@H]3[C@H]1C5. The second kappa shape index (κ2) is 6.90. The first-order chi connectivity index (χ1) is 14.0. The minimum absolute atomic E-state index is 0.132. The molecule has 2 aliphatic heterocycles. The van der Waals surface area contributed by atoms with E-state index in [1.165, 1.54) is 5.56 Å². The minimum atomic E-state index is -0.432. The van der Waals surface area contributed by atoms with E-state index in [0.717, 1.165) is 56.5 Å². The predicted molar refractivity (Wildman–Crippen MR) is 111 cm³/mol. The quantitative estimate of drug-likeness (QED) is 0.788. The van der Waals surface area contributed by atoms with Crippen molar-refractivity contribution in [1.82, 2.24) is 4.90 Å². The average Bonchev–Trinajstić information content (AvgIpc) is 3.03. The van der Waals surface area contributed by atoms with Crippen LogP contribution in [-0.2, 0) is 16.6 Å². The number of phenols is 1. The van der Waals surface area contributed by atoms with Crippen LogP contribution in [0.1, 0.15) is 64.0 Å². The Morgan fingerprint density at radius 1 is 1.41 bits per heavy atom. The van der Waals surface area contributed by atoms with Crippen molar-refractivity contribution in [2.45, 2.75) is 76.9 Å². The number of benzene rings is 1. The van der Waals surface area contributed by atoms with E-state index in [9.17, 15) is 9.90 Å². The van der Waals surface area contributed by atoms with E-state index in [2.05, 4.69) is 25.7 Å². The second-order valence-electron chi connectivity index (χ2n) is 9.81. The molecule has 0 aromatic heterocycles. The molecule has 1 spiro atoms. The fourth-order valence-corrected chi connectivity index (χ4v) is 6.56. The zero-order valence-corrected chi connectivity index (χ0v) is 17.9. The van der Waals surface area contributed by atoms with Gasteiger partial charge in [-0.2, -0.15) is 0 Å². The van der Waals surface area contributed by atoms with Crippen molar-refractivity contribution in [1.29, 1.82) is 0 Å². The highest BCUT2D eigenvalue weighted by molar-refractivity contribution is 5.89. The van der Waals surface area contributed by atoms with Crippen molar-refractivity contribution in [3.63, 3.8) is 0 Å². The van der Waals surface area contributed by atoms with Crippen molar-refractivity contribution in [2.24, 2.45) is 11.8 Å². The Kier molecular flexibility index (Phi) is 4.57. The predicted octanol–water partition coefficient (Wildman–Crippen LogP) is 3.84. The number of piperidine rings is 1. The molecule has 5 rings (SSSR count). The van der Waals surface area contributed by atoms with Crippen LogP contribution in [0.25, 0.3) is 0 Å². The van der Waals surface area contributed by atoms with Gasteiger partial charge in [0.15, 0.2) is 23.4 Å². The van der Waals surface area contributed by atoms with Crippen LogP contribution in [0.4, 0.5) is 0 Å². The zero-order chi connectivity index (χ0) is 20.3. The maximum absolute atomic E-state index is 12.9. The van der Waals surface area contributed by atoms with Gasteiger partial charge in [-0.05, 0) is 57.0 Å². The van der Waals surface area contributed by atoms with Gasteiger partial charge >= 0.3 is 0 Å². The maximum Gasteiger partial charge on any atom is 0.174 e. The molecule has 0 unspecified atom stereocenters. The van der Waals surface area contributed by atoms with E-state index < -0.39 is 6.10 Å². The summed E-state index contributed by atoms with van der Waals surface area (Å²) >= 11 is 0. The summed E-state index contributed by atoms with van der Waals surface area (Å²) in [5, 5.41) is 10.8. The monoisotopic (exact) mass is 399 g/mol. The normalized spacial score (nSPS) is 32.3. The topological polar surface area (TPSA) is 59.0 Å². The average molecular weight is 400 g/mol. The van der Waals surface area contributed by atoms with E-state index in [0.29, 0.717) is 36.7 Å². The first-order valence-electron chi connectivity index (χ1n) is 11.4. The summed E-state index contributed by atoms with van der Waals surface area (Å²) in [7, 11) is 0. The number of carbonyl (C=O) groups is 1. The number of hydrogen-bond acceptors (Lipinski definition) is 5. The van der Waals surface area contributed by atoms with Gasteiger partial charge in [-0.15, -0.1) is 0 Å². The first kappa shape index (κ1) is 19.2. The zero-order valence-electron chi connectivity index (χ0n) is 17.9. The number of ether oxygens (including phenoxy) is 2. The lowest BCUT2D eigenvalue weighted by atomic mass is 9.51. The molecular weight excluding hydrogens is 366 g/mol. The molecule has 2 fully saturated rings. The molecule has 2 bridgehead atoms. The van der Waals surface area contributed by atoms with Crippen LogP contribution in [0, 0.1) is 11.8 Å². The van der Waals surface area contributed by atoms with Crippen LogP contribution in [-0.4, -0.2) is 47.6 Å². The number of rotatable bonds is 6. The maximum atomic E-state index is 12.9. The van der Waals surface area contributed by atoms with Gasteiger partial charge in [-0.1, -0.05) is 20.8 Å². The summed E-state index contributed by atoms with van der Waals surface area (Å²) in [6.45, 7) is 9.36. The summed E-state index contributed by atoms with van der Waals surface area (Å²) in [5.41, 5.74) is 2.01. The van der Waals surface area contributed by atoms with Gasteiger partial charge in [0, 0.05) is 35.1 Å². The number of nitrogens with zero attached hydrogens (tertiary/aromatic N) is 1. The third-order valence-corrected chi connectivity index (χ3v) is 7.77. The Bertz CT molecular complexity index is 835. The van der Waals surface area contributed by atoms with Crippen LogP contribution in [0.5, 0.6) is 17.2 Å². The molecule has 0 amide bonds. The molecule has 5 nitrogen and oxygen atoms in total. The van der Waals surface area contributed by atoms with Crippen molar-refractivity contribution >= 4 is 5.78 Å². The van der Waals surface area contributed by atoms with Crippen LogP contribution in [0.3, 0.4) is 0 Å². The van der Waals surface area contributed by atoms with Gasteiger partial charge in [0.1, 0.15) is 5.75 Å². The number of ketones is 1. The van der Waals surface area contributed by atoms with E-state index >= 15 is 0 Å². The van der Waals surface area contributed by atoms with Crippen molar-refractivity contribution in [3.8, 4) is 17.2 Å². The van der Waals surface area contributed by atoms with Crippen LogP contribution < -0.4 is 9.47 Å².